The number of rotatable bonds is 14. The first-order chi connectivity index (χ1) is 24.9. The zero-order chi connectivity index (χ0) is 35.6. The normalized spacial score (nSPS) is 20.6. The number of carbonyl (C=O) groups is 2. The molecule has 2 saturated heterocycles. The zero-order valence-corrected chi connectivity index (χ0v) is 28.9. The quantitative estimate of drug-likeness (QED) is 0.103. The van der Waals surface area contributed by atoms with Crippen LogP contribution in [0.4, 0.5) is 11.4 Å². The molecule has 0 spiro atoms. The number of anilines is 2. The van der Waals surface area contributed by atoms with Crippen molar-refractivity contribution in [1.82, 2.24) is 10.2 Å². The van der Waals surface area contributed by atoms with Crippen molar-refractivity contribution in [1.29, 1.82) is 0 Å². The molecule has 51 heavy (non-hydrogen) atoms. The molecule has 10 heteroatoms. The van der Waals surface area contributed by atoms with Gasteiger partial charge in [-0.1, -0.05) is 78.9 Å². The summed E-state index contributed by atoms with van der Waals surface area (Å²) in [6.45, 7) is 2.22. The smallest absolute Gasteiger partial charge is 0.224 e. The Balaban J connectivity index is 1.04. The summed E-state index contributed by atoms with van der Waals surface area (Å²) in [7, 11) is 0. The van der Waals surface area contributed by atoms with E-state index in [1.807, 2.05) is 60.7 Å². The summed E-state index contributed by atoms with van der Waals surface area (Å²) in [5.74, 6) is -0.283. The molecule has 10 nitrogen and oxygen atoms in total. The zero-order valence-electron chi connectivity index (χ0n) is 28.9. The molecule has 6 N–H and O–H groups in total. The first kappa shape index (κ1) is 36.2. The van der Waals surface area contributed by atoms with Gasteiger partial charge in [0.2, 0.25) is 11.8 Å². The van der Waals surface area contributed by atoms with Gasteiger partial charge in [-0.15, -0.1) is 0 Å². The van der Waals surface area contributed by atoms with E-state index < -0.39 is 6.29 Å². The van der Waals surface area contributed by atoms with Crippen molar-refractivity contribution in [2.45, 2.75) is 76.2 Å². The molecule has 2 fully saturated rings. The Hall–Kier alpha value is -4.58. The van der Waals surface area contributed by atoms with Crippen LogP contribution < -0.4 is 16.4 Å². The molecule has 0 saturated carbocycles. The fourth-order valence-electron chi connectivity index (χ4n) is 6.85. The highest BCUT2D eigenvalue weighted by Crippen LogP contribution is 2.39. The van der Waals surface area contributed by atoms with E-state index in [9.17, 15) is 19.8 Å². The van der Waals surface area contributed by atoms with Crippen molar-refractivity contribution in [2.24, 2.45) is 0 Å². The van der Waals surface area contributed by atoms with E-state index >= 15 is 0 Å². The average Bonchev–Trinajstić information content (AvgIpc) is 3.62. The number of benzene rings is 4. The lowest BCUT2D eigenvalue weighted by Crippen LogP contribution is -2.42. The van der Waals surface area contributed by atoms with Crippen LogP contribution in [0.2, 0.25) is 0 Å². The van der Waals surface area contributed by atoms with Crippen LogP contribution in [0.5, 0.6) is 0 Å². The first-order valence-electron chi connectivity index (χ1n) is 17.8. The SMILES string of the molecule is Nc1ccccc1NC(=O)CCCC(=O)NCc1cccc(-c2ccc([C@@H]3O[C@H](CN4CCC[C@H]4CO)C[C@H](c4ccc(CO)cc4)O3)cc2)c1. The lowest BCUT2D eigenvalue weighted by Gasteiger charge is -2.38. The summed E-state index contributed by atoms with van der Waals surface area (Å²) >= 11 is 0. The Morgan fingerprint density at radius 1 is 0.824 bits per heavy atom. The van der Waals surface area contributed by atoms with Gasteiger partial charge in [0.15, 0.2) is 6.29 Å². The summed E-state index contributed by atoms with van der Waals surface area (Å²) in [6.07, 6.45) is 2.88. The van der Waals surface area contributed by atoms with Gasteiger partial charge in [-0.25, -0.2) is 0 Å². The number of aliphatic hydroxyl groups excluding tert-OH is 2. The van der Waals surface area contributed by atoms with Crippen LogP contribution in [-0.2, 0) is 32.2 Å². The van der Waals surface area contributed by atoms with Crippen molar-refractivity contribution >= 4 is 23.2 Å². The molecule has 2 heterocycles. The molecule has 4 aromatic carbocycles. The predicted molar refractivity (Wildman–Crippen MR) is 197 cm³/mol. The van der Waals surface area contributed by atoms with Crippen LogP contribution in [0.3, 0.4) is 0 Å². The third-order valence-corrected chi connectivity index (χ3v) is 9.74. The van der Waals surface area contributed by atoms with Gasteiger partial charge in [-0.2, -0.15) is 0 Å². The van der Waals surface area contributed by atoms with Gasteiger partial charge in [0.05, 0.1) is 36.8 Å². The van der Waals surface area contributed by atoms with Crippen LogP contribution in [0.15, 0.2) is 97.1 Å². The van der Waals surface area contributed by atoms with E-state index in [2.05, 4.69) is 33.7 Å². The maximum Gasteiger partial charge on any atom is 0.224 e. The number of nitrogens with zero attached hydrogens (tertiary/aromatic N) is 1. The van der Waals surface area contributed by atoms with Gasteiger partial charge in [0.1, 0.15) is 0 Å². The molecular weight excluding hydrogens is 644 g/mol. The third kappa shape index (κ3) is 9.81. The number of hydrogen-bond donors (Lipinski definition) is 5. The Labute approximate surface area is 299 Å². The van der Waals surface area contributed by atoms with Crippen LogP contribution in [0.1, 0.15) is 73.2 Å². The molecule has 2 aliphatic rings. The molecule has 4 aromatic rings. The standard InChI is InChI=1S/C41H48N4O6/c42-36-9-1-2-10-37(36)44-40(49)12-4-11-39(48)43-24-29-6-3-7-33(22-29)30-17-19-32(20-18-30)41-50-35(25-45-21-5-8-34(45)27-47)23-38(51-41)31-15-13-28(26-46)14-16-31/h1-3,6-7,9-10,13-20,22,34-35,38,41,46-47H,4-5,8,11-12,21,23-27,42H2,(H,43,48)(H,44,49)/t34-,35-,38+,41+/m0/s1. The van der Waals surface area contributed by atoms with Gasteiger partial charge < -0.3 is 36.1 Å². The molecule has 0 radical (unpaired) electrons. The van der Waals surface area contributed by atoms with Gasteiger partial charge in [0.25, 0.3) is 0 Å². The number of ether oxygens (including phenoxy) is 2. The highest BCUT2D eigenvalue weighted by atomic mass is 16.7. The number of nitrogens with two attached hydrogens (primary N) is 1. The Morgan fingerprint density at radius 2 is 1.59 bits per heavy atom. The lowest BCUT2D eigenvalue weighted by atomic mass is 9.98. The van der Waals surface area contributed by atoms with Crippen molar-refractivity contribution in [3.63, 3.8) is 0 Å². The van der Waals surface area contributed by atoms with E-state index in [-0.39, 0.29) is 56.1 Å². The number of aliphatic hydroxyl groups is 2. The number of likely N-dealkylation sites (tertiary alicyclic amines) is 1. The third-order valence-electron chi connectivity index (χ3n) is 9.74. The number of para-hydroxylation sites is 2. The number of amides is 2. The molecule has 0 bridgehead atoms. The number of hydrogen-bond acceptors (Lipinski definition) is 8. The summed E-state index contributed by atoms with van der Waals surface area (Å²) in [6, 6.07) is 31.4. The minimum atomic E-state index is -0.556. The number of nitrogen functional groups attached to an aromatic ring is 1. The second-order valence-electron chi connectivity index (χ2n) is 13.4. The van der Waals surface area contributed by atoms with Crippen molar-refractivity contribution in [2.75, 3.05) is 30.7 Å². The predicted octanol–water partition coefficient (Wildman–Crippen LogP) is 5.86. The molecule has 0 unspecified atom stereocenters. The van der Waals surface area contributed by atoms with Gasteiger partial charge >= 0.3 is 0 Å². The molecule has 268 valence electrons. The van der Waals surface area contributed by atoms with Crippen molar-refractivity contribution in [3.05, 3.63) is 119 Å². The fourth-order valence-corrected chi connectivity index (χ4v) is 6.85. The Morgan fingerprint density at radius 3 is 2.35 bits per heavy atom. The first-order valence-corrected chi connectivity index (χ1v) is 17.8. The summed E-state index contributed by atoms with van der Waals surface area (Å²) in [4.78, 5) is 27.1. The van der Waals surface area contributed by atoms with E-state index in [0.717, 1.165) is 59.3 Å². The van der Waals surface area contributed by atoms with Crippen molar-refractivity contribution in [3.8, 4) is 11.1 Å². The van der Waals surface area contributed by atoms with Gasteiger partial charge in [-0.3, -0.25) is 14.5 Å². The monoisotopic (exact) mass is 692 g/mol. The van der Waals surface area contributed by atoms with Gasteiger partial charge in [0, 0.05) is 44.0 Å². The second kappa shape index (κ2) is 17.6. The number of carbonyl (C=O) groups excluding carboxylic acids is 2. The van der Waals surface area contributed by atoms with Gasteiger partial charge in [-0.05, 0) is 71.8 Å². The topological polar surface area (TPSA) is 146 Å². The molecular formula is C41H48N4O6. The molecule has 4 atom stereocenters. The summed E-state index contributed by atoms with van der Waals surface area (Å²) < 4.78 is 13.1. The molecule has 2 amide bonds. The summed E-state index contributed by atoms with van der Waals surface area (Å²) in [5.41, 5.74) is 12.8. The molecule has 0 aliphatic carbocycles. The lowest BCUT2D eigenvalue weighted by molar-refractivity contribution is -0.253. The minimum Gasteiger partial charge on any atom is -0.397 e. The summed E-state index contributed by atoms with van der Waals surface area (Å²) in [5, 5.41) is 25.2. The van der Waals surface area contributed by atoms with Crippen LogP contribution in [-0.4, -0.2) is 58.8 Å². The molecule has 2 aliphatic heterocycles. The Bertz CT molecular complexity index is 1750. The van der Waals surface area contributed by atoms with E-state index in [0.29, 0.717) is 30.8 Å². The highest BCUT2D eigenvalue weighted by molar-refractivity contribution is 5.94. The van der Waals surface area contributed by atoms with Crippen LogP contribution >= 0.6 is 0 Å². The average molecular weight is 693 g/mol. The minimum absolute atomic E-state index is 0.00441. The highest BCUT2D eigenvalue weighted by Gasteiger charge is 2.35. The largest absolute Gasteiger partial charge is 0.397 e. The van der Waals surface area contributed by atoms with E-state index in [4.69, 9.17) is 15.2 Å². The number of nitrogens with one attached hydrogen (secondary N) is 2. The van der Waals surface area contributed by atoms with Crippen LogP contribution in [0, 0.1) is 0 Å². The van der Waals surface area contributed by atoms with Crippen molar-refractivity contribution < 1.29 is 29.3 Å². The van der Waals surface area contributed by atoms with E-state index in [1.165, 1.54) is 0 Å². The molecule has 0 aromatic heterocycles. The molecule has 6 rings (SSSR count). The maximum absolute atomic E-state index is 12.5. The van der Waals surface area contributed by atoms with Crippen LogP contribution in [0.25, 0.3) is 11.1 Å². The fraction of sp³-hybridized carbons (Fsp3) is 0.366. The Kier molecular flexibility index (Phi) is 12.5. The maximum atomic E-state index is 12.5. The second-order valence-corrected chi connectivity index (χ2v) is 13.4. The van der Waals surface area contributed by atoms with E-state index in [1.54, 1.807) is 18.2 Å².